The molecule has 0 aromatic rings. The Morgan fingerprint density at radius 1 is 1.06 bits per heavy atom. The van der Waals surface area contributed by atoms with Crippen molar-refractivity contribution in [2.24, 2.45) is 16.6 Å². The average Bonchev–Trinajstić information content (AvgIpc) is 2.20. The first-order valence-electron chi connectivity index (χ1n) is 6.15. The second-order valence-corrected chi connectivity index (χ2v) is 5.47. The second-order valence-electron chi connectivity index (χ2n) is 5.47. The SMILES string of the molecule is CCC1(C2(CN)CCC(F)(F)CC2)COC1. The van der Waals surface area contributed by atoms with Crippen LogP contribution in [0, 0.1) is 10.8 Å². The Labute approximate surface area is 95.5 Å². The summed E-state index contributed by atoms with van der Waals surface area (Å²) in [6.45, 7) is 4.03. The van der Waals surface area contributed by atoms with Crippen molar-refractivity contribution in [3.8, 4) is 0 Å². The lowest BCUT2D eigenvalue weighted by Gasteiger charge is -2.57. The Bertz CT molecular complexity index is 248. The zero-order valence-corrected chi connectivity index (χ0v) is 9.90. The zero-order valence-electron chi connectivity index (χ0n) is 9.90. The zero-order chi connectivity index (χ0) is 11.9. The highest BCUT2D eigenvalue weighted by Gasteiger charge is 2.57. The van der Waals surface area contributed by atoms with Crippen LogP contribution in [-0.4, -0.2) is 25.7 Å². The molecule has 0 spiro atoms. The third kappa shape index (κ3) is 1.66. The number of nitrogens with two attached hydrogens (primary N) is 1. The molecule has 0 aromatic heterocycles. The summed E-state index contributed by atoms with van der Waals surface area (Å²) in [6.07, 6.45) is 2.06. The predicted octanol–water partition coefficient (Wildman–Crippen LogP) is 2.57. The van der Waals surface area contributed by atoms with Crippen LogP contribution in [0.3, 0.4) is 0 Å². The Hall–Kier alpha value is -0.220. The molecule has 16 heavy (non-hydrogen) atoms. The van der Waals surface area contributed by atoms with Crippen molar-refractivity contribution in [3.63, 3.8) is 0 Å². The number of hydrogen-bond acceptors (Lipinski definition) is 2. The van der Waals surface area contributed by atoms with Crippen molar-refractivity contribution in [3.05, 3.63) is 0 Å². The molecule has 2 rings (SSSR count). The summed E-state index contributed by atoms with van der Waals surface area (Å²) in [4.78, 5) is 0. The van der Waals surface area contributed by atoms with Crippen LogP contribution in [0.1, 0.15) is 39.0 Å². The molecule has 1 heterocycles. The number of rotatable bonds is 3. The van der Waals surface area contributed by atoms with Gasteiger partial charge in [0.1, 0.15) is 0 Å². The molecule has 1 aliphatic carbocycles. The van der Waals surface area contributed by atoms with Gasteiger partial charge in [-0.05, 0) is 31.2 Å². The molecule has 4 heteroatoms. The van der Waals surface area contributed by atoms with Gasteiger partial charge in [0.25, 0.3) is 0 Å². The summed E-state index contributed by atoms with van der Waals surface area (Å²) < 4.78 is 31.8. The van der Waals surface area contributed by atoms with Gasteiger partial charge in [-0.25, -0.2) is 8.78 Å². The second kappa shape index (κ2) is 3.91. The smallest absolute Gasteiger partial charge is 0.248 e. The highest BCUT2D eigenvalue weighted by Crippen LogP contribution is 2.57. The molecule has 0 radical (unpaired) electrons. The van der Waals surface area contributed by atoms with Crippen molar-refractivity contribution in [1.29, 1.82) is 0 Å². The lowest BCUT2D eigenvalue weighted by molar-refractivity contribution is -0.210. The highest BCUT2D eigenvalue weighted by molar-refractivity contribution is 5.04. The molecule has 0 amide bonds. The Morgan fingerprint density at radius 2 is 1.62 bits per heavy atom. The Kier molecular flexibility index (Phi) is 2.99. The van der Waals surface area contributed by atoms with E-state index in [1.54, 1.807) is 0 Å². The Morgan fingerprint density at radius 3 is 1.94 bits per heavy atom. The van der Waals surface area contributed by atoms with Gasteiger partial charge in [0.15, 0.2) is 0 Å². The molecular weight excluding hydrogens is 212 g/mol. The molecule has 0 bridgehead atoms. The maximum absolute atomic E-state index is 13.2. The van der Waals surface area contributed by atoms with Crippen LogP contribution in [0.2, 0.25) is 0 Å². The summed E-state index contributed by atoms with van der Waals surface area (Å²) in [5.41, 5.74) is 5.86. The fourth-order valence-corrected chi connectivity index (χ4v) is 3.28. The number of alkyl halides is 2. The van der Waals surface area contributed by atoms with Gasteiger partial charge in [0, 0.05) is 18.3 Å². The standard InChI is InChI=1S/C12H21F2NO/c1-2-10(8-16-9-10)11(7-15)3-5-12(13,14)6-4-11/h2-9,15H2,1H3. The Balaban J connectivity index is 2.15. The molecule has 2 nitrogen and oxygen atoms in total. The van der Waals surface area contributed by atoms with Crippen LogP contribution < -0.4 is 5.73 Å². The van der Waals surface area contributed by atoms with Gasteiger partial charge in [-0.1, -0.05) is 6.92 Å². The maximum Gasteiger partial charge on any atom is 0.248 e. The van der Waals surface area contributed by atoms with Gasteiger partial charge in [-0.3, -0.25) is 0 Å². The van der Waals surface area contributed by atoms with E-state index < -0.39 is 5.92 Å². The quantitative estimate of drug-likeness (QED) is 0.813. The number of ether oxygens (including phenoxy) is 1. The van der Waals surface area contributed by atoms with E-state index in [1.807, 2.05) is 0 Å². The average molecular weight is 233 g/mol. The van der Waals surface area contributed by atoms with Gasteiger partial charge < -0.3 is 10.5 Å². The molecule has 1 saturated carbocycles. The summed E-state index contributed by atoms with van der Waals surface area (Å²) in [6, 6.07) is 0. The van der Waals surface area contributed by atoms with E-state index in [9.17, 15) is 8.78 Å². The van der Waals surface area contributed by atoms with Gasteiger partial charge in [0.05, 0.1) is 13.2 Å². The van der Waals surface area contributed by atoms with E-state index in [4.69, 9.17) is 10.5 Å². The van der Waals surface area contributed by atoms with E-state index in [-0.39, 0.29) is 23.7 Å². The first-order chi connectivity index (χ1) is 7.49. The fourth-order valence-electron chi connectivity index (χ4n) is 3.28. The first kappa shape index (κ1) is 12.2. The van der Waals surface area contributed by atoms with Crippen LogP contribution >= 0.6 is 0 Å². The van der Waals surface area contributed by atoms with Crippen LogP contribution in [0.5, 0.6) is 0 Å². The van der Waals surface area contributed by atoms with Crippen LogP contribution in [0.4, 0.5) is 8.78 Å². The van der Waals surface area contributed by atoms with Gasteiger partial charge in [-0.2, -0.15) is 0 Å². The van der Waals surface area contributed by atoms with Gasteiger partial charge >= 0.3 is 0 Å². The highest BCUT2D eigenvalue weighted by atomic mass is 19.3. The molecule has 94 valence electrons. The van der Waals surface area contributed by atoms with Crippen LogP contribution in [0.25, 0.3) is 0 Å². The number of hydrogen-bond donors (Lipinski definition) is 1. The van der Waals surface area contributed by atoms with Crippen molar-refractivity contribution in [1.82, 2.24) is 0 Å². The minimum Gasteiger partial charge on any atom is -0.380 e. The minimum absolute atomic E-state index is 0.00799. The van der Waals surface area contributed by atoms with Crippen LogP contribution in [0.15, 0.2) is 0 Å². The van der Waals surface area contributed by atoms with Crippen molar-refractivity contribution in [2.75, 3.05) is 19.8 Å². The third-order valence-corrected chi connectivity index (χ3v) is 4.89. The normalized spacial score (nSPS) is 30.8. The van der Waals surface area contributed by atoms with E-state index in [0.29, 0.717) is 32.6 Å². The molecule has 0 atom stereocenters. The van der Waals surface area contributed by atoms with E-state index in [2.05, 4.69) is 6.92 Å². The predicted molar refractivity (Wildman–Crippen MR) is 58.4 cm³/mol. The summed E-state index contributed by atoms with van der Waals surface area (Å²) in [7, 11) is 0. The van der Waals surface area contributed by atoms with E-state index >= 15 is 0 Å². The molecule has 1 aliphatic heterocycles. The van der Waals surface area contributed by atoms with Gasteiger partial charge in [0.2, 0.25) is 5.92 Å². The maximum atomic E-state index is 13.2. The molecule has 1 saturated heterocycles. The molecular formula is C12H21F2NO. The van der Waals surface area contributed by atoms with E-state index in [1.165, 1.54) is 0 Å². The minimum atomic E-state index is -2.47. The van der Waals surface area contributed by atoms with Gasteiger partial charge in [-0.15, -0.1) is 0 Å². The third-order valence-electron chi connectivity index (χ3n) is 4.89. The monoisotopic (exact) mass is 233 g/mol. The summed E-state index contributed by atoms with van der Waals surface area (Å²) in [5, 5.41) is 0. The summed E-state index contributed by atoms with van der Waals surface area (Å²) in [5.74, 6) is -2.47. The van der Waals surface area contributed by atoms with Crippen molar-refractivity contribution < 1.29 is 13.5 Å². The topological polar surface area (TPSA) is 35.2 Å². The lowest BCUT2D eigenvalue weighted by atomic mass is 9.54. The molecule has 2 N–H and O–H groups in total. The van der Waals surface area contributed by atoms with Crippen molar-refractivity contribution in [2.45, 2.75) is 45.0 Å². The largest absolute Gasteiger partial charge is 0.380 e. The molecule has 0 aromatic carbocycles. The number of halogens is 2. The van der Waals surface area contributed by atoms with E-state index in [0.717, 1.165) is 6.42 Å². The first-order valence-corrected chi connectivity index (χ1v) is 6.15. The molecule has 2 aliphatic rings. The lowest BCUT2D eigenvalue weighted by Crippen LogP contribution is -2.59. The fraction of sp³-hybridized carbons (Fsp3) is 1.00. The van der Waals surface area contributed by atoms with Crippen molar-refractivity contribution >= 4 is 0 Å². The molecule has 0 unspecified atom stereocenters. The van der Waals surface area contributed by atoms with Crippen LogP contribution in [-0.2, 0) is 4.74 Å². The summed E-state index contributed by atoms with van der Waals surface area (Å²) >= 11 is 0. The molecule has 2 fully saturated rings.